The van der Waals surface area contributed by atoms with Crippen LogP contribution in [0.2, 0.25) is 0 Å². The third-order valence-corrected chi connectivity index (χ3v) is 5.38. The maximum Gasteiger partial charge on any atom is 0.337 e. The minimum Gasteiger partial charge on any atom is -0.347 e. The first-order valence-corrected chi connectivity index (χ1v) is 7.17. The maximum absolute atomic E-state index is 11.8. The molecular formula is C10H17N2O5P. The van der Waals surface area contributed by atoms with E-state index in [1.54, 1.807) is 20.9 Å². The number of nitro groups is 1. The van der Waals surface area contributed by atoms with Crippen LogP contribution in [0.15, 0.2) is 12.3 Å². The van der Waals surface area contributed by atoms with Crippen LogP contribution in [0.4, 0.5) is 5.69 Å². The Bertz CT molecular complexity index is 500. The van der Waals surface area contributed by atoms with Crippen molar-refractivity contribution in [1.82, 2.24) is 4.57 Å². The second-order valence-corrected chi connectivity index (χ2v) is 6.18. The molecule has 18 heavy (non-hydrogen) atoms. The van der Waals surface area contributed by atoms with Crippen LogP contribution in [0, 0.1) is 10.1 Å². The zero-order valence-corrected chi connectivity index (χ0v) is 11.4. The predicted octanol–water partition coefficient (Wildman–Crippen LogP) is 2.13. The molecule has 0 aromatic carbocycles. The van der Waals surface area contributed by atoms with Gasteiger partial charge in [-0.25, -0.2) is 0 Å². The van der Waals surface area contributed by atoms with E-state index in [0.29, 0.717) is 5.69 Å². The Kier molecular flexibility index (Phi) is 4.00. The van der Waals surface area contributed by atoms with E-state index >= 15 is 0 Å². The lowest BCUT2D eigenvalue weighted by Crippen LogP contribution is -2.27. The van der Waals surface area contributed by atoms with Crippen molar-refractivity contribution in [1.29, 1.82) is 0 Å². The van der Waals surface area contributed by atoms with E-state index in [4.69, 9.17) is 0 Å². The highest BCUT2D eigenvalue weighted by Gasteiger charge is 2.47. The largest absolute Gasteiger partial charge is 0.347 e. The average Bonchev–Trinajstić information content (AvgIpc) is 2.62. The van der Waals surface area contributed by atoms with Gasteiger partial charge in [-0.3, -0.25) is 14.7 Å². The molecule has 2 N–H and O–H groups in total. The molecule has 0 radical (unpaired) electrons. The van der Waals surface area contributed by atoms with E-state index in [9.17, 15) is 24.5 Å². The van der Waals surface area contributed by atoms with Crippen LogP contribution in [0.3, 0.4) is 0 Å². The third-order valence-electron chi connectivity index (χ3n) is 3.41. The number of hydrogen-bond acceptors (Lipinski definition) is 3. The van der Waals surface area contributed by atoms with Crippen molar-refractivity contribution in [2.24, 2.45) is 7.05 Å². The molecule has 8 heteroatoms. The Morgan fingerprint density at radius 2 is 1.94 bits per heavy atom. The summed E-state index contributed by atoms with van der Waals surface area (Å²) >= 11 is 0. The zero-order valence-electron chi connectivity index (χ0n) is 10.5. The van der Waals surface area contributed by atoms with Crippen molar-refractivity contribution in [3.63, 3.8) is 0 Å². The molecule has 0 bridgehead atoms. The number of aryl methyl sites for hydroxylation is 1. The van der Waals surface area contributed by atoms with E-state index in [-0.39, 0.29) is 18.5 Å². The van der Waals surface area contributed by atoms with Crippen molar-refractivity contribution in [2.45, 2.75) is 31.8 Å². The molecule has 0 unspecified atom stereocenters. The highest BCUT2D eigenvalue weighted by molar-refractivity contribution is 7.53. The van der Waals surface area contributed by atoms with Gasteiger partial charge in [0.1, 0.15) is 5.16 Å². The molecule has 0 aliphatic heterocycles. The molecule has 1 rings (SSSR count). The van der Waals surface area contributed by atoms with Gasteiger partial charge in [0, 0.05) is 18.8 Å². The quantitative estimate of drug-likeness (QED) is 0.487. The van der Waals surface area contributed by atoms with Crippen molar-refractivity contribution in [3.8, 4) is 0 Å². The van der Waals surface area contributed by atoms with Gasteiger partial charge in [0.2, 0.25) is 0 Å². The van der Waals surface area contributed by atoms with Crippen molar-refractivity contribution in [2.75, 3.05) is 0 Å². The van der Waals surface area contributed by atoms with Crippen LogP contribution in [-0.2, 0) is 16.8 Å². The van der Waals surface area contributed by atoms with E-state index in [0.717, 1.165) is 0 Å². The van der Waals surface area contributed by atoms with Crippen LogP contribution in [0.5, 0.6) is 0 Å². The lowest BCUT2D eigenvalue weighted by atomic mass is 9.98. The fourth-order valence-corrected chi connectivity index (χ4v) is 3.63. The molecule has 0 aliphatic carbocycles. The summed E-state index contributed by atoms with van der Waals surface area (Å²) in [5.74, 6) is 0. The summed E-state index contributed by atoms with van der Waals surface area (Å²) in [6, 6.07) is 1.24. The normalized spacial score (nSPS) is 12.7. The third kappa shape index (κ3) is 2.21. The van der Waals surface area contributed by atoms with Gasteiger partial charge in [-0.05, 0) is 12.8 Å². The molecular weight excluding hydrogens is 259 g/mol. The summed E-state index contributed by atoms with van der Waals surface area (Å²) in [5, 5.41) is 9.35. The molecule has 1 heterocycles. The number of aromatic nitrogens is 1. The number of nitrogens with zero attached hydrogens (tertiary/aromatic N) is 2. The maximum atomic E-state index is 11.8. The Labute approximate surface area is 105 Å². The standard InChI is InChI=1S/C10H17N2O5P/c1-4-10(5-2,18(15,16)17)9-6-8(12(13)14)7-11(9)3/h6-7H,4-5H2,1-3H3,(H2,15,16,17). The first-order valence-electron chi connectivity index (χ1n) is 5.56. The summed E-state index contributed by atoms with van der Waals surface area (Å²) in [7, 11) is -2.86. The van der Waals surface area contributed by atoms with Gasteiger partial charge < -0.3 is 14.4 Å². The lowest BCUT2D eigenvalue weighted by molar-refractivity contribution is -0.384. The zero-order chi connectivity index (χ0) is 14.1. The van der Waals surface area contributed by atoms with Gasteiger partial charge in [0.15, 0.2) is 0 Å². The minimum atomic E-state index is -4.42. The number of rotatable bonds is 5. The first kappa shape index (κ1) is 14.9. The van der Waals surface area contributed by atoms with E-state index in [1.807, 2.05) is 0 Å². The van der Waals surface area contributed by atoms with Crippen LogP contribution in [0.1, 0.15) is 32.4 Å². The molecule has 0 spiro atoms. The topological polar surface area (TPSA) is 106 Å². The predicted molar refractivity (Wildman–Crippen MR) is 66.4 cm³/mol. The fourth-order valence-electron chi connectivity index (χ4n) is 2.28. The van der Waals surface area contributed by atoms with Gasteiger partial charge in [0.25, 0.3) is 5.69 Å². The Balaban J connectivity index is 3.49. The summed E-state index contributed by atoms with van der Waals surface area (Å²) < 4.78 is 13.2. The first-order chi connectivity index (χ1) is 8.19. The van der Waals surface area contributed by atoms with E-state index in [2.05, 4.69) is 0 Å². The smallest absolute Gasteiger partial charge is 0.337 e. The van der Waals surface area contributed by atoms with E-state index < -0.39 is 17.7 Å². The van der Waals surface area contributed by atoms with Gasteiger partial charge in [-0.15, -0.1) is 0 Å². The molecule has 0 amide bonds. The molecule has 1 aromatic rings. The molecule has 7 nitrogen and oxygen atoms in total. The Morgan fingerprint density at radius 3 is 2.22 bits per heavy atom. The Morgan fingerprint density at radius 1 is 1.44 bits per heavy atom. The number of hydrogen-bond donors (Lipinski definition) is 2. The molecule has 0 atom stereocenters. The molecule has 1 aromatic heterocycles. The molecule has 0 fully saturated rings. The Hall–Kier alpha value is -1.17. The van der Waals surface area contributed by atoms with Gasteiger partial charge in [-0.1, -0.05) is 13.8 Å². The molecule has 0 saturated heterocycles. The van der Waals surface area contributed by atoms with Gasteiger partial charge in [-0.2, -0.15) is 0 Å². The fraction of sp³-hybridized carbons (Fsp3) is 0.600. The summed E-state index contributed by atoms with van der Waals surface area (Å²) in [6.07, 6.45) is 1.69. The van der Waals surface area contributed by atoms with Crippen LogP contribution in [-0.4, -0.2) is 19.3 Å². The van der Waals surface area contributed by atoms with E-state index in [1.165, 1.54) is 16.8 Å². The van der Waals surface area contributed by atoms with Crippen LogP contribution >= 0.6 is 7.60 Å². The molecule has 0 aliphatic rings. The lowest BCUT2D eigenvalue weighted by Gasteiger charge is -2.32. The highest BCUT2D eigenvalue weighted by Crippen LogP contribution is 2.61. The van der Waals surface area contributed by atoms with Crippen molar-refractivity contribution in [3.05, 3.63) is 28.1 Å². The second kappa shape index (κ2) is 4.84. The van der Waals surface area contributed by atoms with Crippen LogP contribution in [0.25, 0.3) is 0 Å². The highest BCUT2D eigenvalue weighted by atomic mass is 31.2. The summed E-state index contributed by atoms with van der Waals surface area (Å²) in [5.41, 5.74) is 0.139. The monoisotopic (exact) mass is 276 g/mol. The second-order valence-electron chi connectivity index (χ2n) is 4.23. The SMILES string of the molecule is CCC(CC)(c1cc([N+](=O)[O-])cn1C)P(=O)(O)O. The van der Waals surface area contributed by atoms with Gasteiger partial charge >= 0.3 is 7.60 Å². The summed E-state index contributed by atoms with van der Waals surface area (Å²) in [4.78, 5) is 29.3. The van der Waals surface area contributed by atoms with Crippen molar-refractivity contribution >= 4 is 13.3 Å². The average molecular weight is 276 g/mol. The minimum absolute atomic E-state index is 0.160. The molecule has 0 saturated carbocycles. The van der Waals surface area contributed by atoms with Crippen molar-refractivity contribution < 1.29 is 19.3 Å². The summed E-state index contributed by atoms with van der Waals surface area (Å²) in [6.45, 7) is 3.34. The van der Waals surface area contributed by atoms with Gasteiger partial charge in [0.05, 0.1) is 11.1 Å². The van der Waals surface area contributed by atoms with Crippen LogP contribution < -0.4 is 0 Å². The molecule has 102 valence electrons.